The van der Waals surface area contributed by atoms with E-state index >= 15 is 0 Å². The summed E-state index contributed by atoms with van der Waals surface area (Å²) in [6, 6.07) is 72.7. The van der Waals surface area contributed by atoms with E-state index in [1.807, 2.05) is 214 Å². The fourth-order valence-electron chi connectivity index (χ4n) is 13.9. The van der Waals surface area contributed by atoms with E-state index in [1.165, 1.54) is 19.6 Å². The number of nitrogens with two attached hydrogens (primary N) is 1. The lowest BCUT2D eigenvalue weighted by Gasteiger charge is -2.35. The van der Waals surface area contributed by atoms with Crippen molar-refractivity contribution >= 4 is 178 Å². The van der Waals surface area contributed by atoms with Crippen molar-refractivity contribution in [2.75, 3.05) is 244 Å². The van der Waals surface area contributed by atoms with Crippen LogP contribution < -0.4 is 51.5 Å². The van der Waals surface area contributed by atoms with Crippen molar-refractivity contribution in [2.24, 2.45) is 4.99 Å². The predicted octanol–water partition coefficient (Wildman–Crippen LogP) is 18.8. The van der Waals surface area contributed by atoms with E-state index in [4.69, 9.17) is 56.0 Å². The van der Waals surface area contributed by atoms with Crippen molar-refractivity contribution in [2.45, 2.75) is 44.1 Å². The number of carbonyl (C=O) groups excluding carboxylic acids is 2. The van der Waals surface area contributed by atoms with Crippen LogP contribution in [0.15, 0.2) is 254 Å². The zero-order valence-corrected chi connectivity index (χ0v) is 89.9. The Hall–Kier alpha value is -9.61. The molecule has 0 aliphatic carbocycles. The SMILES string of the molecule is Brc1cccc(Br)n1.Brc1cccc(N2CCNCC2)n1.C1CNCCN1.CCO.CCOS(=O)(=O)C(F)(F)F.FC(F)(F)CN1CCN(c2cccc(Br)n2)CC1.FC(F)(F)CN1CCN(c2cccc(N=C(c3ccccc3)c3ccccc3)n2)CC1.N=C(c1ccccc1)c1ccccc1.Nc1cccc(N2CCN(CC(F)(F)F)CC2)n1.O=C(CCl)Nc1cccc(N2CCN(CC(F)(F)F)CC2)n1.O=C(Cl)CCl. The molecule has 28 nitrogen and oxygen atoms in total. The minimum atomic E-state index is -5.35. The first-order chi connectivity index (χ1) is 70.2. The maximum Gasteiger partial charge on any atom is 0.523 e. The number of rotatable bonds is 19. The molecule has 0 unspecified atom stereocenters. The number of pyridine rings is 6. The van der Waals surface area contributed by atoms with E-state index in [0.29, 0.717) is 134 Å². The first-order valence-electron chi connectivity index (χ1n) is 46.0. The minimum absolute atomic E-state index is 0.0957. The second kappa shape index (κ2) is 66.9. The number of aromatic nitrogens is 6. The number of nitrogens with one attached hydrogen (secondary N) is 5. The van der Waals surface area contributed by atoms with E-state index in [0.717, 1.165) is 129 Å². The van der Waals surface area contributed by atoms with Gasteiger partial charge in [0, 0.05) is 175 Å². The van der Waals surface area contributed by atoms with Crippen LogP contribution in [-0.2, 0) is 23.9 Å². The van der Waals surface area contributed by atoms with Gasteiger partial charge < -0.3 is 56.6 Å². The fourth-order valence-corrected chi connectivity index (χ4v) is 16.0. The Bertz CT molecular complexity index is 5440. The van der Waals surface area contributed by atoms with Crippen LogP contribution in [0.3, 0.4) is 0 Å². The van der Waals surface area contributed by atoms with Crippen LogP contribution in [0.25, 0.3) is 0 Å². The lowest BCUT2D eigenvalue weighted by Crippen LogP contribution is -2.49. The van der Waals surface area contributed by atoms with Crippen molar-refractivity contribution in [1.29, 1.82) is 5.41 Å². The molecule has 6 aliphatic rings. The van der Waals surface area contributed by atoms with E-state index in [1.54, 1.807) is 37.3 Å². The summed E-state index contributed by atoms with van der Waals surface area (Å²) in [6.07, 6.45) is -16.6. The summed E-state index contributed by atoms with van der Waals surface area (Å²) in [5.74, 6) is 4.69. The quantitative estimate of drug-likeness (QED) is 0.00752. The predicted molar refractivity (Wildman–Crippen MR) is 568 cm³/mol. The van der Waals surface area contributed by atoms with Crippen LogP contribution in [-0.4, -0.2) is 324 Å². The number of aliphatic hydroxyl groups is 1. The van der Waals surface area contributed by atoms with Crippen molar-refractivity contribution in [1.82, 2.24) is 65.5 Å². The summed E-state index contributed by atoms with van der Waals surface area (Å²) in [4.78, 5) is 67.1. The summed E-state index contributed by atoms with van der Waals surface area (Å²) >= 11 is 28.1. The van der Waals surface area contributed by atoms with E-state index < -0.39 is 78.4 Å². The first-order valence-corrected chi connectivity index (χ1v) is 52.1. The number of hydrogen-bond donors (Lipinski definition) is 7. The highest BCUT2D eigenvalue weighted by Gasteiger charge is 2.47. The lowest BCUT2D eigenvalue weighted by atomic mass is 10.0. The van der Waals surface area contributed by atoms with Gasteiger partial charge in [-0.1, -0.05) is 158 Å². The van der Waals surface area contributed by atoms with Crippen LogP contribution in [0.4, 0.5) is 112 Å². The van der Waals surface area contributed by atoms with Gasteiger partial charge in [-0.2, -0.15) is 74.3 Å². The number of nitrogen functional groups attached to an aromatic ring is 1. The Morgan fingerprint density at radius 3 is 0.966 bits per heavy atom. The van der Waals surface area contributed by atoms with Crippen molar-refractivity contribution in [3.05, 3.63) is 271 Å². The summed E-state index contributed by atoms with van der Waals surface area (Å²) in [7, 11) is -5.35. The molecule has 8 N–H and O–H groups in total. The molecule has 810 valence electrons. The summed E-state index contributed by atoms with van der Waals surface area (Å²) < 4.78 is 209. The highest BCUT2D eigenvalue weighted by atomic mass is 79.9. The van der Waals surface area contributed by atoms with Gasteiger partial charge in [0.15, 0.2) is 5.82 Å². The highest BCUT2D eigenvalue weighted by molar-refractivity contribution is 9.11. The summed E-state index contributed by atoms with van der Waals surface area (Å²) in [6.45, 7) is 15.0. The molecule has 12 heterocycles. The van der Waals surface area contributed by atoms with Crippen LogP contribution in [0.1, 0.15) is 36.1 Å². The smallest absolute Gasteiger partial charge is 0.397 e. The van der Waals surface area contributed by atoms with Crippen LogP contribution in [0.5, 0.6) is 0 Å². The number of carbonyl (C=O) groups is 2. The maximum atomic E-state index is 12.6. The lowest BCUT2D eigenvalue weighted by molar-refractivity contribution is -0.147. The molecule has 0 spiro atoms. The Labute approximate surface area is 899 Å². The maximum absolute atomic E-state index is 12.6. The first kappa shape index (κ1) is 127. The third-order valence-corrected chi connectivity index (χ3v) is 24.2. The van der Waals surface area contributed by atoms with Gasteiger partial charge >= 0.3 is 40.3 Å². The number of anilines is 7. The second-order valence-corrected chi connectivity index (χ2v) is 37.7. The third kappa shape index (κ3) is 52.9. The van der Waals surface area contributed by atoms with Gasteiger partial charge in [0.05, 0.1) is 50.1 Å². The number of alkyl halides is 17. The molecule has 0 radical (unpaired) electrons. The highest BCUT2D eigenvalue weighted by Crippen LogP contribution is 2.30. The molecule has 6 aliphatic heterocycles. The molecule has 6 fully saturated rings. The molecule has 51 heteroatoms. The zero-order valence-electron chi connectivity index (χ0n) is 80.5. The van der Waals surface area contributed by atoms with E-state index in [9.17, 15) is 83.9 Å². The van der Waals surface area contributed by atoms with Crippen LogP contribution >= 0.6 is 98.5 Å². The zero-order chi connectivity index (χ0) is 109. The average Bonchev–Trinajstić information content (AvgIpc) is 0.802. The van der Waals surface area contributed by atoms with Gasteiger partial charge in [-0.15, -0.1) is 23.2 Å². The van der Waals surface area contributed by atoms with Gasteiger partial charge in [0.25, 0.3) is 0 Å². The monoisotopic (exact) mass is 2420 g/mol. The van der Waals surface area contributed by atoms with Gasteiger partial charge in [-0.05, 0) is 173 Å². The molecule has 148 heavy (non-hydrogen) atoms. The summed E-state index contributed by atoms with van der Waals surface area (Å²) in [5.41, 5.74) is 5.56. The number of halogens is 22. The van der Waals surface area contributed by atoms with Gasteiger partial charge in [0.2, 0.25) is 11.1 Å². The van der Waals surface area contributed by atoms with E-state index in [2.05, 4.69) is 130 Å². The molecule has 0 bridgehead atoms. The summed E-state index contributed by atoms with van der Waals surface area (Å²) in [5, 5.41) is 27.3. The van der Waals surface area contributed by atoms with Crippen LogP contribution in [0, 0.1) is 5.41 Å². The molecular weight excluding hydrogens is 2310 g/mol. The normalized spacial score (nSPS) is 15.2. The number of aliphatic hydroxyl groups excluding tert-OH is 1. The topological polar surface area (TPSA) is 315 Å². The van der Waals surface area contributed by atoms with Crippen molar-refractivity contribution in [3.8, 4) is 0 Å². The Morgan fingerprint density at radius 2 is 0.682 bits per heavy atom. The molecule has 6 aromatic heterocycles. The Kier molecular flexibility index (Phi) is 57.5. The van der Waals surface area contributed by atoms with Gasteiger partial charge in [0.1, 0.15) is 65.0 Å². The molecule has 0 atom stereocenters. The largest absolute Gasteiger partial charge is 0.523 e. The third-order valence-electron chi connectivity index (χ3n) is 20.6. The number of nitrogens with zero attached hydrogens (tertiary/aromatic N) is 16. The molecule has 16 rings (SSSR count). The number of aliphatic imine (C=N–C) groups is 1. The van der Waals surface area contributed by atoms with E-state index in [-0.39, 0.29) is 24.3 Å². The van der Waals surface area contributed by atoms with Gasteiger partial charge in [-0.3, -0.25) is 38.8 Å². The number of piperazine rings is 6. The molecule has 10 aromatic rings. The van der Waals surface area contributed by atoms with Crippen molar-refractivity contribution < 1.29 is 93.2 Å². The van der Waals surface area contributed by atoms with Crippen molar-refractivity contribution in [3.63, 3.8) is 0 Å². The standard InChI is InChI=1S/C24H23F3N4.C13H16ClF3N4O.C13H11N.C11H13BrF3N3.C11H15F3N4.C9H12BrN3.C5H3Br2N.C4H10N2.C3H5F3O3S.C2H2Cl2O.C2H6O/c25-24(26,27)18-30-14-16-31(17-15-30)22-13-7-12-21(28-22)29-23(19-8-3-1-4-9-19)20-10-5-2-6-11-20;14-8-12(22)19-10-2-1-3-11(18-10)21-6-4-20(5-7-21)9-13(15,16)17;14-13(11-7-3-1-4-8-11)12-9-5-2-6-10-12;12-9-2-1-3-10(16-9)18-6-4-17(5-7-18)8-11(13,14)15;12-11(13,14)8-17-4-6-18(7-5-17)10-3-1-2-9(15)16-10;10-8-2-1-3-9(12-8)13-6-4-11-5-7-13;6-4-2-1-3-5(7)8-4;1-2-6-4-3-5-1;1-2-9-10(7,8)3(4,5)6;3-1-2(4)5;1-2-3/h1-13H,14-18H2;1-3H,4-9H2,(H,18,19,22);1-10,14H;1-3H,4-8H2;1-3H,4-8H2,(H2,15,16);1-3,11H,4-7H2;1-3H;5-6H,1-4H2;2H2,1H3;1H2;3H,2H2,1H3. The number of hydrogen-bond acceptors (Lipinski definition) is 27. The molecule has 0 saturated carbocycles. The molecule has 6 saturated heterocycles. The Morgan fingerprint density at radius 1 is 0.399 bits per heavy atom. The minimum Gasteiger partial charge on any atom is -0.397 e. The van der Waals surface area contributed by atoms with Gasteiger partial charge in [-0.25, -0.2) is 34.9 Å². The van der Waals surface area contributed by atoms with Crippen LogP contribution in [0.2, 0.25) is 0 Å². The molecular formula is C97H116Br4Cl3F15N22O6S. The second-order valence-electron chi connectivity index (χ2n) is 31.9. The number of benzene rings is 4. The molecule has 4 aromatic carbocycles. The molecule has 1 amide bonds. The number of amides is 1. The fraction of sp³-hybridized carbons (Fsp3) is 0.402. The average molecular weight is 2430 g/mol. The Balaban J connectivity index is 0.000000260.